The molecule has 0 unspecified atom stereocenters. The van der Waals surface area contributed by atoms with Gasteiger partial charge in [0.1, 0.15) is 11.5 Å². The number of urea groups is 1. The van der Waals surface area contributed by atoms with Crippen LogP contribution in [-0.2, 0) is 14.4 Å². The average Bonchev–Trinajstić information content (AvgIpc) is 3.02. The molecule has 5 amide bonds. The third-order valence-electron chi connectivity index (χ3n) is 4.98. The van der Waals surface area contributed by atoms with E-state index in [4.69, 9.17) is 11.6 Å². The molecule has 0 bridgehead atoms. The number of nitrogens with zero attached hydrogens (tertiary/aromatic N) is 2. The van der Waals surface area contributed by atoms with Crippen LogP contribution in [0.4, 0.5) is 16.2 Å². The van der Waals surface area contributed by atoms with E-state index >= 15 is 0 Å². The van der Waals surface area contributed by atoms with Gasteiger partial charge in [-0.2, -0.15) is 0 Å². The lowest BCUT2D eigenvalue weighted by Gasteiger charge is -2.27. The van der Waals surface area contributed by atoms with Gasteiger partial charge in [0, 0.05) is 10.7 Å². The van der Waals surface area contributed by atoms with Crippen LogP contribution in [0.3, 0.4) is 0 Å². The van der Waals surface area contributed by atoms with E-state index in [2.05, 4.69) is 17.3 Å². The number of hydrogen-bond donors (Lipinski definition) is 2. The topological polar surface area (TPSA) is 98.8 Å². The van der Waals surface area contributed by atoms with Crippen molar-refractivity contribution in [2.75, 3.05) is 9.91 Å². The third kappa shape index (κ3) is 3.57. The van der Waals surface area contributed by atoms with Crippen molar-refractivity contribution in [2.45, 2.75) is 6.92 Å². The summed E-state index contributed by atoms with van der Waals surface area (Å²) in [5.41, 5.74) is 4.37. The molecule has 0 spiro atoms. The van der Waals surface area contributed by atoms with Crippen LogP contribution in [0.5, 0.6) is 0 Å². The molecule has 2 saturated heterocycles. The highest BCUT2D eigenvalue weighted by atomic mass is 35.5. The molecule has 2 aromatic carbocycles. The standard InChI is InChI=1S/C22H17ClN4O4/c1-12-8-9-15(10-18(12)23)26-20(29)17(19(28)24-22(26)31)11-16-13(2)25-27(21(16)30)14-6-4-3-5-7-14/h3-11,16,25H,2H2,1H3,(H,24,28,31)/b17-11+/t16-/m0/s1. The molecule has 0 saturated carbocycles. The van der Waals surface area contributed by atoms with E-state index in [1.807, 2.05) is 6.07 Å². The molecule has 0 aliphatic carbocycles. The average molecular weight is 437 g/mol. The number of rotatable bonds is 3. The second-order valence-electron chi connectivity index (χ2n) is 7.04. The van der Waals surface area contributed by atoms with Crippen LogP contribution in [0.15, 0.2) is 72.5 Å². The molecule has 2 heterocycles. The van der Waals surface area contributed by atoms with E-state index in [1.54, 1.807) is 43.3 Å². The number of carbonyl (C=O) groups excluding carboxylic acids is 4. The first kappa shape index (κ1) is 20.4. The fraction of sp³-hybridized carbons (Fsp3) is 0.0909. The number of imide groups is 2. The Kier molecular flexibility index (Phi) is 5.08. The van der Waals surface area contributed by atoms with Crippen molar-refractivity contribution in [3.63, 3.8) is 0 Å². The maximum Gasteiger partial charge on any atom is 0.335 e. The summed E-state index contributed by atoms with van der Waals surface area (Å²) in [5, 5.41) is 3.78. The summed E-state index contributed by atoms with van der Waals surface area (Å²) in [7, 11) is 0. The minimum Gasteiger partial charge on any atom is -0.295 e. The number of carbonyl (C=O) groups is 4. The van der Waals surface area contributed by atoms with Crippen LogP contribution >= 0.6 is 11.6 Å². The summed E-state index contributed by atoms with van der Waals surface area (Å²) >= 11 is 6.12. The Morgan fingerprint density at radius 3 is 2.42 bits per heavy atom. The van der Waals surface area contributed by atoms with E-state index in [1.165, 1.54) is 17.2 Å². The Hall–Kier alpha value is -3.91. The molecule has 8 nitrogen and oxygen atoms in total. The van der Waals surface area contributed by atoms with E-state index in [9.17, 15) is 19.2 Å². The minimum atomic E-state index is -0.971. The number of anilines is 2. The monoisotopic (exact) mass is 436 g/mol. The Bertz CT molecular complexity index is 1180. The number of barbiturate groups is 1. The maximum atomic E-state index is 13.1. The highest BCUT2D eigenvalue weighted by Gasteiger charge is 2.41. The van der Waals surface area contributed by atoms with E-state index in [0.29, 0.717) is 16.4 Å². The molecule has 156 valence electrons. The van der Waals surface area contributed by atoms with Crippen molar-refractivity contribution in [3.8, 4) is 0 Å². The predicted molar refractivity (Wildman–Crippen MR) is 115 cm³/mol. The van der Waals surface area contributed by atoms with Crippen molar-refractivity contribution in [2.24, 2.45) is 5.92 Å². The van der Waals surface area contributed by atoms with Crippen LogP contribution in [-0.4, -0.2) is 23.8 Å². The summed E-state index contributed by atoms with van der Waals surface area (Å²) in [6.45, 7) is 5.61. The Balaban J connectivity index is 1.67. The smallest absolute Gasteiger partial charge is 0.295 e. The molecule has 0 aromatic heterocycles. The van der Waals surface area contributed by atoms with Crippen LogP contribution in [0.1, 0.15) is 5.56 Å². The molecule has 9 heteroatoms. The number of benzene rings is 2. The zero-order valence-electron chi connectivity index (χ0n) is 16.4. The van der Waals surface area contributed by atoms with Crippen LogP contribution in [0, 0.1) is 12.8 Å². The van der Waals surface area contributed by atoms with E-state index in [0.717, 1.165) is 10.5 Å². The third-order valence-corrected chi connectivity index (χ3v) is 5.39. The first-order chi connectivity index (χ1) is 14.8. The SMILES string of the molecule is C=C1NN(c2ccccc2)C(=O)[C@H]1/C=C1\C(=O)NC(=O)N(c2ccc(C)c(Cl)c2)C1=O. The molecule has 4 rings (SSSR count). The quantitative estimate of drug-likeness (QED) is 0.569. The van der Waals surface area contributed by atoms with Gasteiger partial charge in [0.15, 0.2) is 0 Å². The Labute approximate surface area is 182 Å². The van der Waals surface area contributed by atoms with Gasteiger partial charge in [-0.15, -0.1) is 0 Å². The van der Waals surface area contributed by atoms with E-state index < -0.39 is 29.7 Å². The number of nitrogens with one attached hydrogen (secondary N) is 2. The summed E-state index contributed by atoms with van der Waals surface area (Å²) < 4.78 is 0. The maximum absolute atomic E-state index is 13.1. The fourth-order valence-corrected chi connectivity index (χ4v) is 3.47. The van der Waals surface area contributed by atoms with Crippen molar-refractivity contribution in [1.82, 2.24) is 10.7 Å². The molecule has 2 aliphatic rings. The second-order valence-corrected chi connectivity index (χ2v) is 7.44. The van der Waals surface area contributed by atoms with Gasteiger partial charge in [0.05, 0.1) is 11.4 Å². The largest absolute Gasteiger partial charge is 0.335 e. The van der Waals surface area contributed by atoms with Gasteiger partial charge >= 0.3 is 6.03 Å². The predicted octanol–water partition coefficient (Wildman–Crippen LogP) is 2.84. The highest BCUT2D eigenvalue weighted by molar-refractivity contribution is 6.38. The number of para-hydroxylation sites is 1. The van der Waals surface area contributed by atoms with Crippen LogP contribution in [0.2, 0.25) is 5.02 Å². The number of hydrogen-bond acceptors (Lipinski definition) is 5. The van der Waals surface area contributed by atoms with Gasteiger partial charge in [-0.05, 0) is 42.8 Å². The number of amides is 5. The number of aryl methyl sites for hydroxylation is 1. The van der Waals surface area contributed by atoms with Gasteiger partial charge < -0.3 is 0 Å². The van der Waals surface area contributed by atoms with Crippen LogP contribution < -0.4 is 20.7 Å². The number of hydrazine groups is 1. The van der Waals surface area contributed by atoms with Crippen molar-refractivity contribution >= 4 is 46.7 Å². The summed E-state index contributed by atoms with van der Waals surface area (Å²) in [4.78, 5) is 51.6. The van der Waals surface area contributed by atoms with Gasteiger partial charge in [-0.25, -0.2) is 14.7 Å². The summed E-state index contributed by atoms with van der Waals surface area (Å²) in [6, 6.07) is 12.6. The van der Waals surface area contributed by atoms with Crippen molar-refractivity contribution in [3.05, 3.63) is 83.0 Å². The first-order valence-corrected chi connectivity index (χ1v) is 9.68. The molecule has 2 N–H and O–H groups in total. The van der Waals surface area contributed by atoms with Crippen molar-refractivity contribution < 1.29 is 19.2 Å². The summed E-state index contributed by atoms with van der Waals surface area (Å²) in [5.74, 6) is -3.12. The lowest BCUT2D eigenvalue weighted by molar-refractivity contribution is -0.122. The first-order valence-electron chi connectivity index (χ1n) is 9.30. The minimum absolute atomic E-state index is 0.206. The molecule has 1 atom stereocenters. The fourth-order valence-electron chi connectivity index (χ4n) is 3.30. The lowest BCUT2D eigenvalue weighted by Crippen LogP contribution is -2.54. The highest BCUT2D eigenvalue weighted by Crippen LogP contribution is 2.29. The number of halogens is 1. The molecular weight excluding hydrogens is 420 g/mol. The Morgan fingerprint density at radius 2 is 1.74 bits per heavy atom. The molecule has 0 radical (unpaired) electrons. The van der Waals surface area contributed by atoms with Crippen LogP contribution in [0.25, 0.3) is 0 Å². The molecule has 2 fully saturated rings. The normalized spacial score (nSPS) is 20.4. The lowest BCUT2D eigenvalue weighted by atomic mass is 10.0. The van der Waals surface area contributed by atoms with Gasteiger partial charge in [-0.1, -0.05) is 42.4 Å². The van der Waals surface area contributed by atoms with E-state index in [-0.39, 0.29) is 11.3 Å². The van der Waals surface area contributed by atoms with Gasteiger partial charge in [-0.3, -0.25) is 25.1 Å². The van der Waals surface area contributed by atoms with Gasteiger partial charge in [0.2, 0.25) is 0 Å². The molecule has 2 aromatic rings. The summed E-state index contributed by atoms with van der Waals surface area (Å²) in [6.07, 6.45) is 1.22. The Morgan fingerprint density at radius 1 is 1.03 bits per heavy atom. The van der Waals surface area contributed by atoms with Crippen molar-refractivity contribution in [1.29, 1.82) is 0 Å². The zero-order chi connectivity index (χ0) is 22.3. The second kappa shape index (κ2) is 7.73. The zero-order valence-corrected chi connectivity index (χ0v) is 17.1. The molecule has 31 heavy (non-hydrogen) atoms. The molecular formula is C22H17ClN4O4. The van der Waals surface area contributed by atoms with Gasteiger partial charge in [0.25, 0.3) is 17.7 Å². The molecule has 2 aliphatic heterocycles.